The van der Waals surface area contributed by atoms with E-state index >= 15 is 0 Å². The highest BCUT2D eigenvalue weighted by molar-refractivity contribution is 5.71. The Kier molecular flexibility index (Phi) is 4.51. The molecule has 0 aliphatic rings. The first-order chi connectivity index (χ1) is 10.2. The summed E-state index contributed by atoms with van der Waals surface area (Å²) >= 11 is 0. The Bertz CT molecular complexity index is 776. The molecule has 0 unspecified atom stereocenters. The summed E-state index contributed by atoms with van der Waals surface area (Å²) in [7, 11) is 1.50. The summed E-state index contributed by atoms with van der Waals surface area (Å²) in [6.07, 6.45) is 5.62. The number of rotatable bonds is 3. The molecule has 0 heterocycles. The quantitative estimate of drug-likeness (QED) is 0.755. The average molecular weight is 284 g/mol. The van der Waals surface area contributed by atoms with Gasteiger partial charge in [0.05, 0.1) is 19.6 Å². The minimum atomic E-state index is 0.0923. The van der Waals surface area contributed by atoms with Gasteiger partial charge in [-0.15, -0.1) is 0 Å². The lowest BCUT2D eigenvalue weighted by Gasteiger charge is -2.03. The van der Waals surface area contributed by atoms with Crippen molar-refractivity contribution in [3.05, 3.63) is 58.0 Å². The SMILES string of the molecule is COc1cc(C=Cc2ccc(=CO)c(=CO)c2)ccc1O. The van der Waals surface area contributed by atoms with Crippen molar-refractivity contribution in [1.29, 1.82) is 0 Å². The van der Waals surface area contributed by atoms with Gasteiger partial charge in [-0.3, -0.25) is 0 Å². The largest absolute Gasteiger partial charge is 0.515 e. The van der Waals surface area contributed by atoms with Crippen LogP contribution in [0.4, 0.5) is 0 Å². The lowest BCUT2D eigenvalue weighted by atomic mass is 10.1. The number of methoxy groups -OCH3 is 1. The molecule has 4 nitrogen and oxygen atoms in total. The van der Waals surface area contributed by atoms with Crippen LogP contribution in [0.3, 0.4) is 0 Å². The van der Waals surface area contributed by atoms with Crippen molar-refractivity contribution in [3.63, 3.8) is 0 Å². The van der Waals surface area contributed by atoms with E-state index in [1.165, 1.54) is 7.11 Å². The first-order valence-corrected chi connectivity index (χ1v) is 6.32. The van der Waals surface area contributed by atoms with Crippen LogP contribution in [0.25, 0.3) is 24.7 Å². The normalized spacial score (nSPS) is 13.0. The molecule has 0 amide bonds. The summed E-state index contributed by atoms with van der Waals surface area (Å²) in [4.78, 5) is 0. The van der Waals surface area contributed by atoms with Gasteiger partial charge in [0.15, 0.2) is 11.5 Å². The molecule has 2 aromatic carbocycles. The van der Waals surface area contributed by atoms with Gasteiger partial charge in [0, 0.05) is 10.4 Å². The minimum absolute atomic E-state index is 0.0923. The van der Waals surface area contributed by atoms with Crippen LogP contribution in [0.5, 0.6) is 11.5 Å². The fourth-order valence-corrected chi connectivity index (χ4v) is 1.92. The third-order valence-electron chi connectivity index (χ3n) is 3.06. The van der Waals surface area contributed by atoms with Crippen LogP contribution < -0.4 is 15.2 Å². The topological polar surface area (TPSA) is 69.9 Å². The molecule has 0 saturated heterocycles. The molecule has 21 heavy (non-hydrogen) atoms. The van der Waals surface area contributed by atoms with Crippen LogP contribution in [0.15, 0.2) is 36.4 Å². The van der Waals surface area contributed by atoms with Crippen LogP contribution in [-0.4, -0.2) is 22.4 Å². The van der Waals surface area contributed by atoms with Gasteiger partial charge in [-0.1, -0.05) is 30.4 Å². The maximum Gasteiger partial charge on any atom is 0.161 e. The molecule has 2 aromatic rings. The Labute approximate surface area is 122 Å². The summed E-state index contributed by atoms with van der Waals surface area (Å²) in [5.41, 5.74) is 1.74. The molecule has 3 N–H and O–H groups in total. The molecule has 0 atom stereocenters. The van der Waals surface area contributed by atoms with Crippen molar-refractivity contribution in [2.24, 2.45) is 0 Å². The molecule has 2 rings (SSSR count). The highest BCUT2D eigenvalue weighted by Gasteiger charge is 2.00. The Morgan fingerprint density at radius 2 is 1.48 bits per heavy atom. The number of phenolic OH excluding ortho intramolecular Hbond substituents is 1. The summed E-state index contributed by atoms with van der Waals surface area (Å²) in [5, 5.41) is 28.8. The number of aromatic hydroxyl groups is 1. The zero-order chi connectivity index (χ0) is 15.2. The fraction of sp³-hybridized carbons (Fsp3) is 0.0588. The van der Waals surface area contributed by atoms with Crippen LogP contribution in [0, 0.1) is 0 Å². The Morgan fingerprint density at radius 1 is 0.857 bits per heavy atom. The molecular formula is C17H16O4. The summed E-state index contributed by atoms with van der Waals surface area (Å²) in [6.45, 7) is 0. The minimum Gasteiger partial charge on any atom is -0.515 e. The molecule has 0 aromatic heterocycles. The highest BCUT2D eigenvalue weighted by Crippen LogP contribution is 2.26. The lowest BCUT2D eigenvalue weighted by molar-refractivity contribution is 0.373. The van der Waals surface area contributed by atoms with Crippen molar-refractivity contribution in [2.45, 2.75) is 0 Å². The summed E-state index contributed by atoms with van der Waals surface area (Å²) < 4.78 is 5.05. The third kappa shape index (κ3) is 3.36. The predicted molar refractivity (Wildman–Crippen MR) is 83.5 cm³/mol. The van der Waals surface area contributed by atoms with E-state index < -0.39 is 0 Å². The van der Waals surface area contributed by atoms with Crippen LogP contribution in [0.1, 0.15) is 11.1 Å². The lowest BCUT2D eigenvalue weighted by Crippen LogP contribution is -2.24. The predicted octanol–water partition coefficient (Wildman–Crippen LogP) is 2.16. The Hall–Kier alpha value is -2.88. The Balaban J connectivity index is 2.34. The summed E-state index contributed by atoms with van der Waals surface area (Å²) in [5.74, 6) is 0.501. The number of hydrogen-bond acceptors (Lipinski definition) is 4. The molecule has 0 saturated carbocycles. The van der Waals surface area contributed by atoms with Crippen molar-refractivity contribution < 1.29 is 20.1 Å². The first kappa shape index (κ1) is 14.5. The van der Waals surface area contributed by atoms with Gasteiger partial charge in [-0.05, 0) is 29.3 Å². The van der Waals surface area contributed by atoms with Crippen molar-refractivity contribution >= 4 is 24.7 Å². The van der Waals surface area contributed by atoms with Gasteiger partial charge in [0.2, 0.25) is 0 Å². The maximum atomic E-state index is 9.54. The van der Waals surface area contributed by atoms with Gasteiger partial charge in [0.25, 0.3) is 0 Å². The van der Waals surface area contributed by atoms with Crippen LogP contribution >= 0.6 is 0 Å². The highest BCUT2D eigenvalue weighted by atomic mass is 16.5. The Morgan fingerprint density at radius 3 is 2.10 bits per heavy atom. The van der Waals surface area contributed by atoms with E-state index in [1.54, 1.807) is 30.3 Å². The van der Waals surface area contributed by atoms with E-state index in [0.29, 0.717) is 16.2 Å². The number of aliphatic hydroxyl groups excluding tert-OH is 2. The van der Waals surface area contributed by atoms with Gasteiger partial charge >= 0.3 is 0 Å². The van der Waals surface area contributed by atoms with Gasteiger partial charge in [0.1, 0.15) is 0 Å². The molecule has 0 aliphatic carbocycles. The molecule has 0 aliphatic heterocycles. The van der Waals surface area contributed by atoms with Crippen LogP contribution in [-0.2, 0) is 0 Å². The summed E-state index contributed by atoms with van der Waals surface area (Å²) in [6, 6.07) is 10.3. The fourth-order valence-electron chi connectivity index (χ4n) is 1.92. The maximum absolute atomic E-state index is 9.54. The second kappa shape index (κ2) is 6.52. The number of phenols is 1. The van der Waals surface area contributed by atoms with E-state index in [2.05, 4.69) is 0 Å². The zero-order valence-corrected chi connectivity index (χ0v) is 11.5. The zero-order valence-electron chi connectivity index (χ0n) is 11.5. The van der Waals surface area contributed by atoms with Gasteiger partial charge in [-0.25, -0.2) is 0 Å². The third-order valence-corrected chi connectivity index (χ3v) is 3.06. The number of benzene rings is 2. The van der Waals surface area contributed by atoms with E-state index in [4.69, 9.17) is 14.9 Å². The molecule has 4 heteroatoms. The van der Waals surface area contributed by atoms with E-state index in [1.807, 2.05) is 18.2 Å². The van der Waals surface area contributed by atoms with Crippen molar-refractivity contribution in [3.8, 4) is 11.5 Å². The smallest absolute Gasteiger partial charge is 0.161 e. The standard InChI is InChI=1S/C17H16O4/c1-21-17-9-13(5-7-16(17)20)3-2-12-4-6-14(10-18)15(8-12)11-19/h2-11,18-20H,1H3. The van der Waals surface area contributed by atoms with E-state index in [-0.39, 0.29) is 5.75 Å². The number of hydrogen-bond donors (Lipinski definition) is 3. The molecule has 0 bridgehead atoms. The number of aliphatic hydroxyl groups is 2. The van der Waals surface area contributed by atoms with Crippen molar-refractivity contribution in [1.82, 2.24) is 0 Å². The first-order valence-electron chi connectivity index (χ1n) is 6.32. The van der Waals surface area contributed by atoms with Gasteiger partial charge in [-0.2, -0.15) is 0 Å². The second-order valence-electron chi connectivity index (χ2n) is 4.41. The molecular weight excluding hydrogens is 268 g/mol. The molecule has 0 radical (unpaired) electrons. The molecule has 0 fully saturated rings. The van der Waals surface area contributed by atoms with E-state index in [9.17, 15) is 5.11 Å². The van der Waals surface area contributed by atoms with E-state index in [0.717, 1.165) is 23.7 Å². The van der Waals surface area contributed by atoms with Crippen molar-refractivity contribution in [2.75, 3.05) is 7.11 Å². The monoisotopic (exact) mass is 284 g/mol. The van der Waals surface area contributed by atoms with Gasteiger partial charge < -0.3 is 20.1 Å². The second-order valence-corrected chi connectivity index (χ2v) is 4.41. The average Bonchev–Trinajstić information content (AvgIpc) is 2.53. The number of ether oxygens (including phenoxy) is 1. The molecule has 108 valence electrons. The van der Waals surface area contributed by atoms with Crippen LogP contribution in [0.2, 0.25) is 0 Å². The molecule has 0 spiro atoms.